The largest absolute Gasteiger partial charge is 0.461 e. The van der Waals surface area contributed by atoms with Gasteiger partial charge >= 0.3 is 5.97 Å². The highest BCUT2D eigenvalue weighted by Crippen LogP contribution is 2.68. The maximum Gasteiger partial charge on any atom is 0.302 e. The summed E-state index contributed by atoms with van der Waals surface area (Å²) in [5.41, 5.74) is 2.13. The van der Waals surface area contributed by atoms with Crippen LogP contribution >= 0.6 is 0 Å². The molecule has 0 aromatic carbocycles. The molecular weight excluding hydrogens is 252 g/mol. The van der Waals surface area contributed by atoms with Crippen molar-refractivity contribution in [3.05, 3.63) is 11.1 Å². The van der Waals surface area contributed by atoms with Crippen molar-refractivity contribution in [1.82, 2.24) is 0 Å². The van der Waals surface area contributed by atoms with E-state index >= 15 is 0 Å². The summed E-state index contributed by atoms with van der Waals surface area (Å²) in [6.07, 6.45) is 2.38. The van der Waals surface area contributed by atoms with Crippen molar-refractivity contribution in [2.75, 3.05) is 0 Å². The fourth-order valence-corrected chi connectivity index (χ4v) is 5.18. The number of fused-ring (bicyclic) bond motifs is 1. The third-order valence-electron chi connectivity index (χ3n) is 6.12. The minimum absolute atomic E-state index is 0.224. The molecule has 4 fully saturated rings. The van der Waals surface area contributed by atoms with Crippen molar-refractivity contribution in [1.29, 1.82) is 0 Å². The van der Waals surface area contributed by atoms with Gasteiger partial charge in [-0.15, -0.1) is 0 Å². The predicted octanol–water partition coefficient (Wildman–Crippen LogP) is 3.28. The van der Waals surface area contributed by atoms with Gasteiger partial charge in [0.05, 0.1) is 5.41 Å². The summed E-state index contributed by atoms with van der Waals surface area (Å²) in [6.45, 7) is 9.89. The molecule has 0 aliphatic heterocycles. The van der Waals surface area contributed by atoms with Crippen molar-refractivity contribution in [3.8, 4) is 0 Å². The van der Waals surface area contributed by atoms with Crippen molar-refractivity contribution in [3.63, 3.8) is 0 Å². The highest BCUT2D eigenvalue weighted by atomic mass is 16.5. The van der Waals surface area contributed by atoms with Gasteiger partial charge in [0.25, 0.3) is 0 Å². The molecule has 3 nitrogen and oxygen atoms in total. The first-order valence-electron chi connectivity index (χ1n) is 7.58. The highest BCUT2D eigenvalue weighted by Gasteiger charge is 2.69. The van der Waals surface area contributed by atoms with Crippen LogP contribution in [-0.2, 0) is 14.3 Å². The molecule has 0 N–H and O–H groups in total. The number of carbonyl (C=O) groups is 2. The lowest BCUT2D eigenvalue weighted by molar-refractivity contribution is -0.184. The molecule has 4 saturated carbocycles. The van der Waals surface area contributed by atoms with Crippen LogP contribution in [0.3, 0.4) is 0 Å². The number of esters is 1. The van der Waals surface area contributed by atoms with Gasteiger partial charge in [0.1, 0.15) is 11.9 Å². The fraction of sp³-hybridized carbons (Fsp3) is 0.765. The van der Waals surface area contributed by atoms with Gasteiger partial charge in [0.15, 0.2) is 0 Å². The average molecular weight is 276 g/mol. The van der Waals surface area contributed by atoms with Crippen LogP contribution in [0, 0.1) is 22.7 Å². The Morgan fingerprint density at radius 3 is 2.40 bits per heavy atom. The zero-order valence-electron chi connectivity index (χ0n) is 13.1. The molecule has 4 aliphatic rings. The van der Waals surface area contributed by atoms with E-state index in [-0.39, 0.29) is 17.5 Å². The topological polar surface area (TPSA) is 43.4 Å². The number of hydrogen-bond donors (Lipinski definition) is 0. The van der Waals surface area contributed by atoms with E-state index in [2.05, 4.69) is 20.8 Å². The van der Waals surface area contributed by atoms with Gasteiger partial charge in [-0.3, -0.25) is 9.59 Å². The van der Waals surface area contributed by atoms with Gasteiger partial charge in [0.2, 0.25) is 0 Å². The zero-order valence-corrected chi connectivity index (χ0v) is 13.1. The maximum absolute atomic E-state index is 13.0. The summed E-state index contributed by atoms with van der Waals surface area (Å²) in [7, 11) is 0. The molecule has 0 saturated heterocycles. The third kappa shape index (κ3) is 1.52. The molecule has 0 radical (unpaired) electrons. The summed E-state index contributed by atoms with van der Waals surface area (Å²) in [4.78, 5) is 24.4. The number of ether oxygens (including phenoxy) is 1. The molecule has 0 amide bonds. The number of carbonyl (C=O) groups excluding carboxylic acids is 2. The lowest BCUT2D eigenvalue weighted by Gasteiger charge is -2.55. The summed E-state index contributed by atoms with van der Waals surface area (Å²) < 4.78 is 5.49. The van der Waals surface area contributed by atoms with Crippen LogP contribution in [-0.4, -0.2) is 17.9 Å². The van der Waals surface area contributed by atoms with E-state index in [9.17, 15) is 9.59 Å². The van der Waals surface area contributed by atoms with Crippen LogP contribution in [0.15, 0.2) is 11.1 Å². The van der Waals surface area contributed by atoms with Crippen molar-refractivity contribution in [2.24, 2.45) is 22.7 Å². The van der Waals surface area contributed by atoms with Crippen LogP contribution in [0.2, 0.25) is 0 Å². The summed E-state index contributed by atoms with van der Waals surface area (Å²) in [5.74, 6) is 0.919. The van der Waals surface area contributed by atoms with Crippen LogP contribution in [0.25, 0.3) is 0 Å². The van der Waals surface area contributed by atoms with Gasteiger partial charge in [-0.2, -0.15) is 0 Å². The van der Waals surface area contributed by atoms with Crippen molar-refractivity contribution in [2.45, 2.75) is 60.0 Å². The Labute approximate surface area is 120 Å². The van der Waals surface area contributed by atoms with Gasteiger partial charge in [0, 0.05) is 12.3 Å². The maximum atomic E-state index is 13.0. The van der Waals surface area contributed by atoms with E-state index < -0.39 is 5.41 Å². The molecule has 5 atom stereocenters. The van der Waals surface area contributed by atoms with E-state index in [0.717, 1.165) is 19.3 Å². The Hall–Kier alpha value is -1.12. The Kier molecular flexibility index (Phi) is 2.74. The average Bonchev–Trinajstić information content (AvgIpc) is 2.58. The number of rotatable bonds is 1. The van der Waals surface area contributed by atoms with Gasteiger partial charge < -0.3 is 4.74 Å². The number of ketones is 1. The Morgan fingerprint density at radius 1 is 1.20 bits per heavy atom. The van der Waals surface area contributed by atoms with E-state index in [0.29, 0.717) is 17.6 Å². The minimum Gasteiger partial charge on any atom is -0.461 e. The quantitative estimate of drug-likeness (QED) is 0.545. The second-order valence-corrected chi connectivity index (χ2v) is 7.62. The second kappa shape index (κ2) is 3.96. The van der Waals surface area contributed by atoms with Crippen molar-refractivity contribution >= 4 is 11.8 Å². The standard InChI is InChI=1S/C17H24O3/c1-9(2)11-7-16(4)13-6-14(20-10(3)18)17(5,15(16)19)8-12(11)13/h12-14H,6-8H2,1-5H3/t12-,13-,14+,16+,17-/m0/s1. The molecule has 3 heteroatoms. The summed E-state index contributed by atoms with van der Waals surface area (Å²) in [6, 6.07) is 0. The molecule has 20 heavy (non-hydrogen) atoms. The van der Waals surface area contributed by atoms with Crippen LogP contribution in [0.5, 0.6) is 0 Å². The molecule has 4 bridgehead atoms. The lowest BCUT2D eigenvalue weighted by Crippen LogP contribution is -2.61. The molecule has 110 valence electrons. The first kappa shape index (κ1) is 13.8. The van der Waals surface area contributed by atoms with Crippen molar-refractivity contribution < 1.29 is 14.3 Å². The molecule has 0 aromatic heterocycles. The SMILES string of the molecule is CC(=O)O[C@@H]1C[C@H]2[C@H]3C[C@]1(C)C(=O)[C@]2(C)CC3=C(C)C. The fourth-order valence-electron chi connectivity index (χ4n) is 5.18. The van der Waals surface area contributed by atoms with E-state index in [1.807, 2.05) is 6.92 Å². The summed E-state index contributed by atoms with van der Waals surface area (Å²) in [5, 5.41) is 0. The third-order valence-corrected chi connectivity index (χ3v) is 6.12. The van der Waals surface area contributed by atoms with Crippen LogP contribution in [0.1, 0.15) is 53.9 Å². The molecule has 0 aromatic rings. The number of Topliss-reactive ketones (excluding diaryl/α,β-unsaturated/α-hetero) is 1. The molecule has 4 rings (SSSR count). The zero-order chi connectivity index (χ0) is 14.9. The Morgan fingerprint density at radius 2 is 1.85 bits per heavy atom. The number of hydrogen-bond acceptors (Lipinski definition) is 3. The number of allylic oxidation sites excluding steroid dienone is 2. The van der Waals surface area contributed by atoms with E-state index in [1.54, 1.807) is 0 Å². The molecule has 4 aliphatic carbocycles. The molecular formula is C17H24O3. The Bertz CT molecular complexity index is 528. The van der Waals surface area contributed by atoms with E-state index in [1.165, 1.54) is 18.1 Å². The Balaban J connectivity index is 2.05. The first-order chi connectivity index (χ1) is 9.20. The molecule has 0 spiro atoms. The normalized spacial score (nSPS) is 45.8. The smallest absolute Gasteiger partial charge is 0.302 e. The predicted molar refractivity (Wildman–Crippen MR) is 76.0 cm³/mol. The van der Waals surface area contributed by atoms with E-state index in [4.69, 9.17) is 4.74 Å². The lowest BCUT2D eigenvalue weighted by atomic mass is 9.49. The minimum atomic E-state index is -0.489. The van der Waals surface area contributed by atoms with Gasteiger partial charge in [-0.05, 0) is 51.9 Å². The molecule has 0 heterocycles. The van der Waals surface area contributed by atoms with Crippen LogP contribution < -0.4 is 0 Å². The van der Waals surface area contributed by atoms with Gasteiger partial charge in [-0.25, -0.2) is 0 Å². The summed E-state index contributed by atoms with van der Waals surface area (Å²) >= 11 is 0. The second-order valence-electron chi connectivity index (χ2n) is 7.62. The first-order valence-corrected chi connectivity index (χ1v) is 7.58. The van der Waals surface area contributed by atoms with Gasteiger partial charge in [-0.1, -0.05) is 18.1 Å². The monoisotopic (exact) mass is 276 g/mol. The highest BCUT2D eigenvalue weighted by molar-refractivity contribution is 5.94. The van der Waals surface area contributed by atoms with Crippen LogP contribution in [0.4, 0.5) is 0 Å². The molecule has 0 unspecified atom stereocenters.